The number of rotatable bonds is 5. The normalized spacial score (nSPS) is 20.1. The van der Waals surface area contributed by atoms with Crippen molar-refractivity contribution in [3.8, 4) is 0 Å². The molecular formula is C14H22N2O3S. The molecule has 1 aromatic rings. The van der Waals surface area contributed by atoms with Gasteiger partial charge in [0.2, 0.25) is 10.0 Å². The van der Waals surface area contributed by atoms with Gasteiger partial charge in [0.15, 0.2) is 0 Å². The smallest absolute Gasteiger partial charge is 0.242 e. The van der Waals surface area contributed by atoms with Crippen LogP contribution in [0.4, 0.5) is 5.69 Å². The minimum absolute atomic E-state index is 0.292. The SMILES string of the molecule is CNc1ccc(S(=O)(=O)N(C)CC2CCCOC2)cc1. The molecule has 112 valence electrons. The average molecular weight is 298 g/mol. The molecule has 1 fully saturated rings. The molecule has 0 aromatic heterocycles. The average Bonchev–Trinajstić information content (AvgIpc) is 2.48. The highest BCUT2D eigenvalue weighted by atomic mass is 32.2. The van der Waals surface area contributed by atoms with E-state index in [1.807, 2.05) is 0 Å². The van der Waals surface area contributed by atoms with Crippen molar-refractivity contribution in [2.75, 3.05) is 39.2 Å². The lowest BCUT2D eigenvalue weighted by molar-refractivity contribution is 0.0495. The summed E-state index contributed by atoms with van der Waals surface area (Å²) in [7, 11) is 0.0258. The Labute approximate surface area is 121 Å². The molecule has 0 saturated carbocycles. The van der Waals surface area contributed by atoms with E-state index in [1.165, 1.54) is 4.31 Å². The number of nitrogens with one attached hydrogen (secondary N) is 1. The summed E-state index contributed by atoms with van der Waals surface area (Å²) < 4.78 is 31.8. The zero-order valence-electron chi connectivity index (χ0n) is 12.0. The number of anilines is 1. The van der Waals surface area contributed by atoms with Gasteiger partial charge < -0.3 is 10.1 Å². The van der Waals surface area contributed by atoms with Crippen LogP contribution in [0.2, 0.25) is 0 Å². The first-order valence-electron chi connectivity index (χ1n) is 6.86. The van der Waals surface area contributed by atoms with Crippen LogP contribution in [-0.4, -0.2) is 46.6 Å². The lowest BCUT2D eigenvalue weighted by atomic mass is 10.0. The Balaban J connectivity index is 2.07. The highest BCUT2D eigenvalue weighted by Gasteiger charge is 2.24. The van der Waals surface area contributed by atoms with Crippen LogP contribution in [0.1, 0.15) is 12.8 Å². The zero-order chi connectivity index (χ0) is 14.6. The summed E-state index contributed by atoms with van der Waals surface area (Å²) in [5.74, 6) is 0.292. The molecule has 6 heteroatoms. The molecule has 1 N–H and O–H groups in total. The lowest BCUT2D eigenvalue weighted by Gasteiger charge is -2.26. The third kappa shape index (κ3) is 3.50. The first-order chi connectivity index (χ1) is 9.54. The van der Waals surface area contributed by atoms with E-state index >= 15 is 0 Å². The van der Waals surface area contributed by atoms with Gasteiger partial charge >= 0.3 is 0 Å². The summed E-state index contributed by atoms with van der Waals surface area (Å²) >= 11 is 0. The first-order valence-corrected chi connectivity index (χ1v) is 8.30. The summed E-state index contributed by atoms with van der Waals surface area (Å²) in [6.45, 7) is 1.95. The molecule has 1 heterocycles. The second-order valence-electron chi connectivity index (χ2n) is 5.14. The molecule has 20 heavy (non-hydrogen) atoms. The van der Waals surface area contributed by atoms with E-state index in [1.54, 1.807) is 38.4 Å². The maximum Gasteiger partial charge on any atom is 0.242 e. The predicted octanol–water partition coefficient (Wildman–Crippen LogP) is 1.78. The van der Waals surface area contributed by atoms with Crippen LogP contribution in [0.5, 0.6) is 0 Å². The molecule has 1 atom stereocenters. The molecule has 0 bridgehead atoms. The second-order valence-corrected chi connectivity index (χ2v) is 7.19. The van der Waals surface area contributed by atoms with E-state index < -0.39 is 10.0 Å². The van der Waals surface area contributed by atoms with Crippen LogP contribution in [0, 0.1) is 5.92 Å². The third-order valence-corrected chi connectivity index (χ3v) is 5.46. The van der Waals surface area contributed by atoms with Crippen LogP contribution in [0.25, 0.3) is 0 Å². The highest BCUT2D eigenvalue weighted by Crippen LogP contribution is 2.20. The maximum atomic E-state index is 12.5. The van der Waals surface area contributed by atoms with Gasteiger partial charge in [-0.3, -0.25) is 0 Å². The van der Waals surface area contributed by atoms with Crippen molar-refractivity contribution in [2.45, 2.75) is 17.7 Å². The van der Waals surface area contributed by atoms with Crippen molar-refractivity contribution in [1.82, 2.24) is 4.31 Å². The Hall–Kier alpha value is -1.11. The molecule has 1 aromatic carbocycles. The maximum absolute atomic E-state index is 12.5. The fourth-order valence-corrected chi connectivity index (χ4v) is 3.63. The van der Waals surface area contributed by atoms with Crippen LogP contribution in [-0.2, 0) is 14.8 Å². The molecular weight excluding hydrogens is 276 g/mol. The first kappa shape index (κ1) is 15.3. The van der Waals surface area contributed by atoms with E-state index in [0.717, 1.165) is 25.1 Å². The van der Waals surface area contributed by atoms with Crippen molar-refractivity contribution in [1.29, 1.82) is 0 Å². The van der Waals surface area contributed by atoms with E-state index in [0.29, 0.717) is 24.0 Å². The van der Waals surface area contributed by atoms with Gasteiger partial charge in [0.05, 0.1) is 11.5 Å². The van der Waals surface area contributed by atoms with Crippen molar-refractivity contribution < 1.29 is 13.2 Å². The minimum atomic E-state index is -3.41. The molecule has 0 aliphatic carbocycles. The van der Waals surface area contributed by atoms with E-state index in [4.69, 9.17) is 4.74 Å². The summed E-state index contributed by atoms with van der Waals surface area (Å²) in [5.41, 5.74) is 0.896. The molecule has 1 aliphatic heterocycles. The van der Waals surface area contributed by atoms with Gasteiger partial charge in [-0.25, -0.2) is 12.7 Å². The topological polar surface area (TPSA) is 58.6 Å². The largest absolute Gasteiger partial charge is 0.388 e. The number of hydrogen-bond acceptors (Lipinski definition) is 4. The van der Waals surface area contributed by atoms with Crippen LogP contribution >= 0.6 is 0 Å². The number of sulfonamides is 1. The number of hydrogen-bond donors (Lipinski definition) is 1. The number of nitrogens with zero attached hydrogens (tertiary/aromatic N) is 1. The number of ether oxygens (including phenoxy) is 1. The standard InChI is InChI=1S/C14H22N2O3S/c1-15-13-5-7-14(8-6-13)20(17,18)16(2)10-12-4-3-9-19-11-12/h5-8,12,15H,3-4,9-11H2,1-2H3. The molecule has 0 amide bonds. The highest BCUT2D eigenvalue weighted by molar-refractivity contribution is 7.89. The monoisotopic (exact) mass is 298 g/mol. The Morgan fingerprint density at radius 2 is 2.05 bits per heavy atom. The minimum Gasteiger partial charge on any atom is -0.388 e. The van der Waals surface area contributed by atoms with Gasteiger partial charge in [0.1, 0.15) is 0 Å². The molecule has 0 radical (unpaired) electrons. The van der Waals surface area contributed by atoms with Gasteiger partial charge in [0.25, 0.3) is 0 Å². The Kier molecular flexibility index (Phi) is 5.01. The Morgan fingerprint density at radius 3 is 2.60 bits per heavy atom. The van der Waals surface area contributed by atoms with Gasteiger partial charge in [-0.2, -0.15) is 0 Å². The van der Waals surface area contributed by atoms with E-state index in [9.17, 15) is 8.42 Å². The Morgan fingerprint density at radius 1 is 1.35 bits per heavy atom. The van der Waals surface area contributed by atoms with Crippen molar-refractivity contribution in [2.24, 2.45) is 5.92 Å². The summed E-state index contributed by atoms with van der Waals surface area (Å²) in [6.07, 6.45) is 2.04. The van der Waals surface area contributed by atoms with Gasteiger partial charge in [-0.1, -0.05) is 0 Å². The summed E-state index contributed by atoms with van der Waals surface area (Å²) in [4.78, 5) is 0.329. The van der Waals surface area contributed by atoms with Crippen LogP contribution in [0.15, 0.2) is 29.2 Å². The predicted molar refractivity (Wildman–Crippen MR) is 79.3 cm³/mol. The van der Waals surface area contributed by atoms with Gasteiger partial charge in [-0.15, -0.1) is 0 Å². The van der Waals surface area contributed by atoms with Crippen LogP contribution < -0.4 is 5.32 Å². The molecule has 0 spiro atoms. The van der Waals surface area contributed by atoms with Crippen LogP contribution in [0.3, 0.4) is 0 Å². The van der Waals surface area contributed by atoms with E-state index in [2.05, 4.69) is 5.32 Å². The third-order valence-electron chi connectivity index (χ3n) is 3.62. The molecule has 1 unspecified atom stereocenters. The van der Waals surface area contributed by atoms with Gasteiger partial charge in [-0.05, 0) is 43.0 Å². The van der Waals surface area contributed by atoms with Gasteiger partial charge in [0, 0.05) is 32.9 Å². The fraction of sp³-hybridized carbons (Fsp3) is 0.571. The zero-order valence-corrected chi connectivity index (χ0v) is 12.8. The lowest BCUT2D eigenvalue weighted by Crippen LogP contribution is -2.35. The summed E-state index contributed by atoms with van der Waals surface area (Å²) in [6, 6.07) is 6.80. The van der Waals surface area contributed by atoms with E-state index in [-0.39, 0.29) is 0 Å². The molecule has 5 nitrogen and oxygen atoms in total. The van der Waals surface area contributed by atoms with Crippen molar-refractivity contribution >= 4 is 15.7 Å². The fourth-order valence-electron chi connectivity index (χ4n) is 2.39. The molecule has 1 saturated heterocycles. The summed E-state index contributed by atoms with van der Waals surface area (Å²) in [5, 5.41) is 2.98. The molecule has 1 aliphatic rings. The Bertz CT molecular complexity index is 522. The number of benzene rings is 1. The van der Waals surface area contributed by atoms with Crippen molar-refractivity contribution in [3.63, 3.8) is 0 Å². The second kappa shape index (κ2) is 6.56. The van der Waals surface area contributed by atoms with Crippen molar-refractivity contribution in [3.05, 3.63) is 24.3 Å². The quantitative estimate of drug-likeness (QED) is 0.900. The molecule has 2 rings (SSSR count).